The fourth-order valence-corrected chi connectivity index (χ4v) is 4.19. The summed E-state index contributed by atoms with van der Waals surface area (Å²) < 4.78 is 0. The van der Waals surface area contributed by atoms with Crippen molar-refractivity contribution in [2.45, 2.75) is 19.9 Å². The lowest BCUT2D eigenvalue weighted by molar-refractivity contribution is 0.0660. The topological polar surface area (TPSA) is 45.2 Å². The van der Waals surface area contributed by atoms with Crippen LogP contribution in [0.5, 0.6) is 0 Å². The number of piperazine rings is 1. The van der Waals surface area contributed by atoms with Crippen molar-refractivity contribution in [1.29, 1.82) is 0 Å². The predicted octanol–water partition coefficient (Wildman–Crippen LogP) is 2.61. The molecule has 0 aliphatic carbocycles. The number of hydrogen-bond donors (Lipinski definition) is 1. The van der Waals surface area contributed by atoms with Gasteiger partial charge in [0.1, 0.15) is 9.88 Å². The van der Waals surface area contributed by atoms with Crippen molar-refractivity contribution in [1.82, 2.24) is 15.2 Å². The van der Waals surface area contributed by atoms with Crippen molar-refractivity contribution in [2.75, 3.05) is 19.6 Å². The van der Waals surface area contributed by atoms with Gasteiger partial charge in [0.05, 0.1) is 10.6 Å². The molecule has 1 aliphatic heterocycles. The molecule has 1 fully saturated rings. The van der Waals surface area contributed by atoms with Crippen LogP contribution < -0.4 is 5.32 Å². The van der Waals surface area contributed by atoms with Crippen LogP contribution in [0.15, 0.2) is 17.5 Å². The van der Waals surface area contributed by atoms with E-state index in [1.807, 2.05) is 29.3 Å². The lowest BCUT2D eigenvalue weighted by Gasteiger charge is -2.33. The van der Waals surface area contributed by atoms with Crippen molar-refractivity contribution < 1.29 is 4.79 Å². The third kappa shape index (κ3) is 2.51. The normalized spacial score (nSPS) is 19.3. The highest BCUT2D eigenvalue weighted by Crippen LogP contribution is 2.32. The van der Waals surface area contributed by atoms with Crippen LogP contribution in [-0.4, -0.2) is 41.5 Å². The third-order valence-corrected chi connectivity index (χ3v) is 5.67. The lowest BCUT2D eigenvalue weighted by atomic mass is 10.2. The van der Waals surface area contributed by atoms with Crippen LogP contribution in [0, 0.1) is 6.92 Å². The molecule has 4 nitrogen and oxygen atoms in total. The quantitative estimate of drug-likeness (QED) is 0.927. The summed E-state index contributed by atoms with van der Waals surface area (Å²) in [4.78, 5) is 21.1. The first-order valence-electron chi connectivity index (χ1n) is 6.70. The Bertz CT molecular complexity index is 606. The number of nitrogens with one attached hydrogen (secondary N) is 1. The maximum atomic E-state index is 12.7. The van der Waals surface area contributed by atoms with E-state index in [-0.39, 0.29) is 11.9 Å². The smallest absolute Gasteiger partial charge is 0.266 e. The Morgan fingerprint density at radius 3 is 3.10 bits per heavy atom. The first-order chi connectivity index (χ1) is 9.66. The molecule has 0 spiro atoms. The summed E-state index contributed by atoms with van der Waals surface area (Å²) in [7, 11) is 0. The number of amides is 1. The van der Waals surface area contributed by atoms with E-state index in [2.05, 4.69) is 17.2 Å². The summed E-state index contributed by atoms with van der Waals surface area (Å²) in [6.45, 7) is 6.51. The summed E-state index contributed by atoms with van der Waals surface area (Å²) in [6, 6.07) is 4.30. The maximum Gasteiger partial charge on any atom is 0.266 e. The van der Waals surface area contributed by atoms with Gasteiger partial charge in [-0.3, -0.25) is 4.79 Å². The molecule has 20 heavy (non-hydrogen) atoms. The van der Waals surface area contributed by atoms with Gasteiger partial charge in [-0.15, -0.1) is 22.7 Å². The molecule has 1 amide bonds. The molecule has 0 saturated carbocycles. The first kappa shape index (κ1) is 13.7. The van der Waals surface area contributed by atoms with E-state index < -0.39 is 0 Å². The Morgan fingerprint density at radius 1 is 1.55 bits per heavy atom. The van der Waals surface area contributed by atoms with Gasteiger partial charge < -0.3 is 10.2 Å². The minimum absolute atomic E-state index is 0.122. The largest absolute Gasteiger partial charge is 0.333 e. The van der Waals surface area contributed by atoms with E-state index in [4.69, 9.17) is 0 Å². The monoisotopic (exact) mass is 307 g/mol. The van der Waals surface area contributed by atoms with Crippen LogP contribution in [0.4, 0.5) is 0 Å². The van der Waals surface area contributed by atoms with Crippen LogP contribution in [0.2, 0.25) is 0 Å². The average Bonchev–Trinajstić information content (AvgIpc) is 3.07. The molecule has 106 valence electrons. The van der Waals surface area contributed by atoms with E-state index in [0.29, 0.717) is 0 Å². The summed E-state index contributed by atoms with van der Waals surface area (Å²) >= 11 is 3.17. The SMILES string of the molecule is Cc1nc(-c2cccs2)sc1C(=O)N1CCNC[C@@H]1C. The van der Waals surface area contributed by atoms with E-state index in [1.54, 1.807) is 11.3 Å². The van der Waals surface area contributed by atoms with Gasteiger partial charge in [-0.05, 0) is 25.3 Å². The molecule has 1 aliphatic rings. The highest BCUT2D eigenvalue weighted by molar-refractivity contribution is 7.22. The number of thiophene rings is 1. The maximum absolute atomic E-state index is 12.7. The van der Waals surface area contributed by atoms with Crippen molar-refractivity contribution in [3.8, 4) is 9.88 Å². The standard InChI is InChI=1S/C14H17N3OS2/c1-9-8-15-5-6-17(9)14(18)12-10(2)16-13(20-12)11-4-3-7-19-11/h3-4,7,9,15H,5-6,8H2,1-2H3/t9-/m0/s1. The minimum Gasteiger partial charge on any atom is -0.333 e. The molecular weight excluding hydrogens is 290 g/mol. The Labute approximate surface area is 126 Å². The fourth-order valence-electron chi connectivity index (χ4n) is 2.37. The molecule has 0 bridgehead atoms. The molecule has 1 atom stereocenters. The zero-order chi connectivity index (χ0) is 14.1. The number of nitrogens with zero attached hydrogens (tertiary/aromatic N) is 2. The molecular formula is C14H17N3OS2. The second kappa shape index (κ2) is 5.63. The molecule has 6 heteroatoms. The van der Waals surface area contributed by atoms with Gasteiger partial charge in [0.25, 0.3) is 5.91 Å². The summed E-state index contributed by atoms with van der Waals surface area (Å²) in [5, 5.41) is 6.29. The summed E-state index contributed by atoms with van der Waals surface area (Å²) in [5.74, 6) is 0.122. The summed E-state index contributed by atoms with van der Waals surface area (Å²) in [6.07, 6.45) is 0. The average molecular weight is 307 g/mol. The van der Waals surface area contributed by atoms with Crippen LogP contribution >= 0.6 is 22.7 Å². The first-order valence-corrected chi connectivity index (χ1v) is 8.39. The minimum atomic E-state index is 0.122. The number of carbonyl (C=O) groups excluding carboxylic acids is 1. The van der Waals surface area contributed by atoms with Crippen LogP contribution in [-0.2, 0) is 0 Å². The van der Waals surface area contributed by atoms with Gasteiger partial charge in [0, 0.05) is 25.7 Å². The highest BCUT2D eigenvalue weighted by Gasteiger charge is 2.27. The molecule has 1 N–H and O–H groups in total. The number of aryl methyl sites for hydroxylation is 1. The molecule has 3 heterocycles. The third-order valence-electron chi connectivity index (χ3n) is 3.48. The molecule has 2 aromatic heterocycles. The summed E-state index contributed by atoms with van der Waals surface area (Å²) in [5.41, 5.74) is 0.842. The Morgan fingerprint density at radius 2 is 2.40 bits per heavy atom. The molecule has 2 aromatic rings. The van der Waals surface area contributed by atoms with Gasteiger partial charge in [-0.25, -0.2) is 4.98 Å². The highest BCUT2D eigenvalue weighted by atomic mass is 32.1. The molecule has 0 aromatic carbocycles. The number of carbonyl (C=O) groups is 1. The van der Waals surface area contributed by atoms with Gasteiger partial charge in [-0.2, -0.15) is 0 Å². The Balaban J connectivity index is 1.88. The molecule has 0 unspecified atom stereocenters. The van der Waals surface area contributed by atoms with Gasteiger partial charge in [-0.1, -0.05) is 6.07 Å². The number of aromatic nitrogens is 1. The van der Waals surface area contributed by atoms with Gasteiger partial charge in [0.15, 0.2) is 0 Å². The molecule has 3 rings (SSSR count). The Hall–Kier alpha value is -1.24. The fraction of sp³-hybridized carbons (Fsp3) is 0.429. The predicted molar refractivity (Wildman–Crippen MR) is 83.5 cm³/mol. The number of thiazole rings is 1. The van der Waals surface area contributed by atoms with Crippen molar-refractivity contribution in [3.63, 3.8) is 0 Å². The van der Waals surface area contributed by atoms with Crippen LogP contribution in [0.3, 0.4) is 0 Å². The van der Waals surface area contributed by atoms with Crippen LogP contribution in [0.25, 0.3) is 9.88 Å². The van der Waals surface area contributed by atoms with Crippen molar-refractivity contribution in [2.24, 2.45) is 0 Å². The lowest BCUT2D eigenvalue weighted by Crippen LogP contribution is -2.52. The zero-order valence-corrected chi connectivity index (χ0v) is 13.2. The van der Waals surface area contributed by atoms with Gasteiger partial charge in [0.2, 0.25) is 0 Å². The molecule has 0 radical (unpaired) electrons. The van der Waals surface area contributed by atoms with E-state index in [1.165, 1.54) is 11.3 Å². The van der Waals surface area contributed by atoms with Crippen LogP contribution in [0.1, 0.15) is 22.3 Å². The molecule has 1 saturated heterocycles. The number of hydrogen-bond acceptors (Lipinski definition) is 5. The Kier molecular flexibility index (Phi) is 3.87. The van der Waals surface area contributed by atoms with Crippen molar-refractivity contribution in [3.05, 3.63) is 28.1 Å². The van der Waals surface area contributed by atoms with Gasteiger partial charge >= 0.3 is 0 Å². The van der Waals surface area contributed by atoms with E-state index in [9.17, 15) is 4.79 Å². The second-order valence-corrected chi connectivity index (χ2v) is 6.91. The zero-order valence-electron chi connectivity index (χ0n) is 11.5. The van der Waals surface area contributed by atoms with E-state index in [0.717, 1.165) is 40.1 Å². The van der Waals surface area contributed by atoms with E-state index >= 15 is 0 Å². The van der Waals surface area contributed by atoms with Crippen molar-refractivity contribution >= 4 is 28.6 Å². The number of rotatable bonds is 2. The second-order valence-electron chi connectivity index (χ2n) is 4.96.